The molecule has 0 aliphatic heterocycles. The largest absolute Gasteiger partial charge is 0.456 e. The first kappa shape index (κ1) is 38.9. The molecule has 0 spiro atoms. The molecule has 2 heteroatoms. The van der Waals surface area contributed by atoms with Gasteiger partial charge in [0.2, 0.25) is 0 Å². The molecule has 1 heterocycles. The molecule has 0 bridgehead atoms. The fourth-order valence-electron chi connectivity index (χ4n) is 9.72. The van der Waals surface area contributed by atoms with Crippen molar-refractivity contribution in [1.82, 2.24) is 0 Å². The molecule has 0 atom stereocenters. The van der Waals surface area contributed by atoms with Crippen molar-refractivity contribution in [2.45, 2.75) is 0 Å². The first-order valence-corrected chi connectivity index (χ1v) is 22.6. The molecule has 0 aliphatic rings. The van der Waals surface area contributed by atoms with Crippen LogP contribution in [-0.4, -0.2) is 0 Å². The quantitative estimate of drug-likeness (QED) is 0.144. The normalized spacial score (nSPS) is 11.3. The Bertz CT molecular complexity index is 3670. The van der Waals surface area contributed by atoms with Crippen LogP contribution in [0.3, 0.4) is 0 Å². The van der Waals surface area contributed by atoms with Gasteiger partial charge in [-0.05, 0) is 120 Å². The lowest BCUT2D eigenvalue weighted by molar-refractivity contribution is 0.669. The summed E-state index contributed by atoms with van der Waals surface area (Å²) in [6.45, 7) is 0. The summed E-state index contributed by atoms with van der Waals surface area (Å²) in [4.78, 5) is 2.32. The Morgan fingerprint density at radius 1 is 0.227 bits per heavy atom. The molecule has 0 amide bonds. The van der Waals surface area contributed by atoms with Crippen LogP contribution in [0.1, 0.15) is 0 Å². The van der Waals surface area contributed by atoms with Crippen molar-refractivity contribution in [3.63, 3.8) is 0 Å². The third-order valence-corrected chi connectivity index (χ3v) is 12.9. The van der Waals surface area contributed by atoms with E-state index in [9.17, 15) is 0 Å². The van der Waals surface area contributed by atoms with Crippen LogP contribution < -0.4 is 4.90 Å². The van der Waals surface area contributed by atoms with Gasteiger partial charge in [-0.25, -0.2) is 0 Å². The predicted octanol–water partition coefficient (Wildman–Crippen LogP) is 18.2. The molecule has 2 nitrogen and oxygen atoms in total. The SMILES string of the molecule is c1ccc(-c2ccccc2-c2ccccc2-c2ccccc2-c2ccc(N(c3ccc(-c4ccc(-c5cccc6ccccc56)cc4)cc3)c3ccc4c(c3)oc3ccccc34)cc2)cc1. The number of hydrogen-bond acceptors (Lipinski definition) is 2. The molecule has 0 unspecified atom stereocenters. The number of furan rings is 1. The Hall–Kier alpha value is -8.72. The fraction of sp³-hybridized carbons (Fsp3) is 0. The highest BCUT2D eigenvalue weighted by molar-refractivity contribution is 6.06. The van der Waals surface area contributed by atoms with E-state index in [1.807, 2.05) is 12.1 Å². The molecule has 0 saturated carbocycles. The van der Waals surface area contributed by atoms with Crippen molar-refractivity contribution < 1.29 is 4.42 Å². The fourth-order valence-corrected chi connectivity index (χ4v) is 9.72. The summed E-state index contributed by atoms with van der Waals surface area (Å²) in [5, 5.41) is 4.74. The van der Waals surface area contributed by atoms with Gasteiger partial charge >= 0.3 is 0 Å². The number of rotatable bonds is 9. The van der Waals surface area contributed by atoms with Gasteiger partial charge in [-0.15, -0.1) is 0 Å². The third-order valence-electron chi connectivity index (χ3n) is 12.9. The number of fused-ring (bicyclic) bond motifs is 4. The lowest BCUT2D eigenvalue weighted by Gasteiger charge is -2.26. The van der Waals surface area contributed by atoms with E-state index in [4.69, 9.17) is 4.42 Å². The minimum atomic E-state index is 0.861. The van der Waals surface area contributed by atoms with E-state index in [2.05, 4.69) is 254 Å². The summed E-state index contributed by atoms with van der Waals surface area (Å²) in [6, 6.07) is 93.8. The van der Waals surface area contributed by atoms with Crippen LogP contribution >= 0.6 is 0 Å². The second-order valence-electron chi connectivity index (χ2n) is 16.8. The highest BCUT2D eigenvalue weighted by Gasteiger charge is 2.19. The van der Waals surface area contributed by atoms with E-state index >= 15 is 0 Å². The minimum absolute atomic E-state index is 0.861. The molecule has 66 heavy (non-hydrogen) atoms. The van der Waals surface area contributed by atoms with E-state index in [0.29, 0.717) is 0 Å². The van der Waals surface area contributed by atoms with E-state index in [0.717, 1.165) is 50.1 Å². The van der Waals surface area contributed by atoms with Crippen LogP contribution in [0.25, 0.3) is 99.5 Å². The van der Waals surface area contributed by atoms with Gasteiger partial charge in [0.05, 0.1) is 0 Å². The Morgan fingerprint density at radius 3 is 1.26 bits per heavy atom. The smallest absolute Gasteiger partial charge is 0.137 e. The Labute approximate surface area is 384 Å². The van der Waals surface area contributed by atoms with E-state index in [-0.39, 0.29) is 0 Å². The molecule has 0 N–H and O–H groups in total. The molecule has 0 radical (unpaired) electrons. The minimum Gasteiger partial charge on any atom is -0.456 e. The van der Waals surface area contributed by atoms with Crippen molar-refractivity contribution in [2.24, 2.45) is 0 Å². The highest BCUT2D eigenvalue weighted by Crippen LogP contribution is 2.44. The van der Waals surface area contributed by atoms with Gasteiger partial charge in [0.25, 0.3) is 0 Å². The van der Waals surface area contributed by atoms with Crippen molar-refractivity contribution in [1.29, 1.82) is 0 Å². The van der Waals surface area contributed by atoms with Gasteiger partial charge in [-0.3, -0.25) is 0 Å². The monoisotopic (exact) mass is 841 g/mol. The summed E-state index contributed by atoms with van der Waals surface area (Å²) in [7, 11) is 0. The summed E-state index contributed by atoms with van der Waals surface area (Å²) in [5.74, 6) is 0. The van der Waals surface area contributed by atoms with Crippen LogP contribution in [0.15, 0.2) is 265 Å². The average Bonchev–Trinajstić information content (AvgIpc) is 3.77. The summed E-state index contributed by atoms with van der Waals surface area (Å²) < 4.78 is 6.44. The highest BCUT2D eigenvalue weighted by atomic mass is 16.3. The lowest BCUT2D eigenvalue weighted by atomic mass is 9.87. The molecule has 0 saturated heterocycles. The summed E-state index contributed by atoms with van der Waals surface area (Å²) in [5.41, 5.74) is 19.2. The van der Waals surface area contributed by atoms with Gasteiger partial charge in [-0.2, -0.15) is 0 Å². The van der Waals surface area contributed by atoms with Gasteiger partial charge in [0, 0.05) is 33.9 Å². The van der Waals surface area contributed by atoms with E-state index in [1.165, 1.54) is 66.4 Å². The Kier molecular flexibility index (Phi) is 9.89. The lowest BCUT2D eigenvalue weighted by Crippen LogP contribution is -2.09. The zero-order valence-electron chi connectivity index (χ0n) is 36.2. The van der Waals surface area contributed by atoms with Gasteiger partial charge in [0.15, 0.2) is 0 Å². The van der Waals surface area contributed by atoms with Crippen molar-refractivity contribution in [3.05, 3.63) is 261 Å². The zero-order chi connectivity index (χ0) is 43.8. The van der Waals surface area contributed by atoms with Gasteiger partial charge in [0.1, 0.15) is 11.2 Å². The molecule has 1 aromatic heterocycles. The summed E-state index contributed by atoms with van der Waals surface area (Å²) in [6.07, 6.45) is 0. The number of benzene rings is 11. The zero-order valence-corrected chi connectivity index (χ0v) is 36.2. The average molecular weight is 842 g/mol. The maximum absolute atomic E-state index is 6.44. The molecule has 310 valence electrons. The van der Waals surface area contributed by atoms with Crippen LogP contribution in [-0.2, 0) is 0 Å². The van der Waals surface area contributed by atoms with E-state index in [1.54, 1.807) is 0 Å². The maximum atomic E-state index is 6.44. The second kappa shape index (κ2) is 16.8. The molecule has 12 rings (SSSR count). The predicted molar refractivity (Wildman–Crippen MR) is 279 cm³/mol. The van der Waals surface area contributed by atoms with Gasteiger partial charge in [-0.1, -0.05) is 212 Å². The molecule has 12 aromatic rings. The second-order valence-corrected chi connectivity index (χ2v) is 16.8. The number of anilines is 3. The number of para-hydroxylation sites is 1. The van der Waals surface area contributed by atoms with Crippen molar-refractivity contribution in [3.8, 4) is 66.8 Å². The molecular formula is C64H43NO. The first-order chi connectivity index (χ1) is 32.7. The number of hydrogen-bond donors (Lipinski definition) is 0. The molecule has 0 aliphatic carbocycles. The first-order valence-electron chi connectivity index (χ1n) is 22.6. The topological polar surface area (TPSA) is 16.4 Å². The third kappa shape index (κ3) is 7.12. The standard InChI is InChI=1S/C64H43NO/c1-2-15-46(16-3-1)55-20-6-8-22-57(55)59-24-10-11-25-60(59)58-23-9-7-21-56(58)49-35-39-51(40-36-49)65(52-41-42-62-61-26-12-13-28-63(61)66-64(62)43-52)50-37-33-45(34-38-50)44-29-31-48(32-30-44)54-27-14-18-47-17-4-5-19-53(47)54/h1-43H. The molecule has 11 aromatic carbocycles. The molecule has 0 fully saturated rings. The van der Waals surface area contributed by atoms with Crippen LogP contribution in [0, 0.1) is 0 Å². The number of nitrogens with zero attached hydrogens (tertiary/aromatic N) is 1. The van der Waals surface area contributed by atoms with Crippen molar-refractivity contribution >= 4 is 49.8 Å². The van der Waals surface area contributed by atoms with Crippen LogP contribution in [0.4, 0.5) is 17.1 Å². The van der Waals surface area contributed by atoms with Gasteiger partial charge < -0.3 is 9.32 Å². The summed E-state index contributed by atoms with van der Waals surface area (Å²) >= 11 is 0. The van der Waals surface area contributed by atoms with Crippen LogP contribution in [0.5, 0.6) is 0 Å². The maximum Gasteiger partial charge on any atom is 0.137 e. The Morgan fingerprint density at radius 2 is 0.621 bits per heavy atom. The molecular weight excluding hydrogens is 799 g/mol. The van der Waals surface area contributed by atoms with E-state index < -0.39 is 0 Å². The van der Waals surface area contributed by atoms with Crippen molar-refractivity contribution in [2.75, 3.05) is 4.90 Å². The van der Waals surface area contributed by atoms with Crippen LogP contribution in [0.2, 0.25) is 0 Å². The Balaban J connectivity index is 0.913.